The average molecular weight is 374 g/mol. The number of aromatic hydroxyl groups is 3. The smallest absolute Gasteiger partial charge is 0.339 e. The Bertz CT molecular complexity index is 820. The molecule has 0 radical (unpaired) electrons. The van der Waals surface area contributed by atoms with Crippen molar-refractivity contribution in [3.8, 4) is 23.0 Å². The van der Waals surface area contributed by atoms with E-state index >= 15 is 0 Å². The van der Waals surface area contributed by atoms with Crippen molar-refractivity contribution >= 4 is 5.97 Å². The minimum Gasteiger partial charge on any atom is -0.507 e. The molecule has 0 saturated heterocycles. The van der Waals surface area contributed by atoms with Gasteiger partial charge in [-0.2, -0.15) is 0 Å². The topological polar surface area (TPSA) is 107 Å². The number of phenols is 3. The van der Waals surface area contributed by atoms with Gasteiger partial charge in [0, 0.05) is 11.6 Å². The Morgan fingerprint density at radius 3 is 2.30 bits per heavy atom. The van der Waals surface area contributed by atoms with E-state index in [1.807, 2.05) is 32.9 Å². The van der Waals surface area contributed by atoms with E-state index in [1.165, 1.54) is 18.2 Å². The Morgan fingerprint density at radius 1 is 1.00 bits per heavy atom. The molecule has 0 spiro atoms. The number of carbonyl (C=O) groups is 1. The zero-order valence-electron chi connectivity index (χ0n) is 15.8. The molecular weight excluding hydrogens is 348 g/mol. The van der Waals surface area contributed by atoms with Crippen LogP contribution < -0.4 is 4.74 Å². The minimum atomic E-state index is -1.19. The maximum Gasteiger partial charge on any atom is 0.339 e. The lowest BCUT2D eigenvalue weighted by Gasteiger charge is -2.21. The maximum absolute atomic E-state index is 10.9. The van der Waals surface area contributed by atoms with Crippen LogP contribution in [0.4, 0.5) is 0 Å². The summed E-state index contributed by atoms with van der Waals surface area (Å²) in [4.78, 5) is 10.9. The number of carboxylic acids is 1. The van der Waals surface area contributed by atoms with E-state index in [2.05, 4.69) is 0 Å². The Labute approximate surface area is 158 Å². The summed E-state index contributed by atoms with van der Waals surface area (Å²) in [5.41, 5.74) is 0.965. The second-order valence-electron chi connectivity index (χ2n) is 7.51. The van der Waals surface area contributed by atoms with E-state index in [0.29, 0.717) is 36.3 Å². The molecule has 6 heteroatoms. The van der Waals surface area contributed by atoms with Crippen LogP contribution in [0.5, 0.6) is 23.0 Å². The second kappa shape index (κ2) is 8.20. The van der Waals surface area contributed by atoms with Gasteiger partial charge >= 0.3 is 5.97 Å². The molecule has 0 aliphatic heterocycles. The molecular formula is C21H26O6. The average Bonchev–Trinajstić information content (AvgIpc) is 2.56. The number of rotatable bonds is 7. The van der Waals surface area contributed by atoms with E-state index in [9.17, 15) is 20.1 Å². The molecule has 27 heavy (non-hydrogen) atoms. The van der Waals surface area contributed by atoms with Crippen LogP contribution >= 0.6 is 0 Å². The molecule has 2 rings (SSSR count). The van der Waals surface area contributed by atoms with E-state index in [1.54, 1.807) is 0 Å². The predicted octanol–water partition coefficient (Wildman–Crippen LogP) is 4.20. The van der Waals surface area contributed by atoms with Gasteiger partial charge in [-0.3, -0.25) is 0 Å². The quantitative estimate of drug-likeness (QED) is 0.427. The molecule has 0 saturated carbocycles. The van der Waals surface area contributed by atoms with Crippen molar-refractivity contribution in [2.24, 2.45) is 0 Å². The number of hydrogen-bond acceptors (Lipinski definition) is 5. The second-order valence-corrected chi connectivity index (χ2v) is 7.51. The van der Waals surface area contributed by atoms with Crippen LogP contribution in [0.1, 0.15) is 55.1 Å². The predicted molar refractivity (Wildman–Crippen MR) is 102 cm³/mol. The van der Waals surface area contributed by atoms with Crippen LogP contribution in [0, 0.1) is 0 Å². The summed E-state index contributed by atoms with van der Waals surface area (Å²) < 4.78 is 5.51. The molecule has 4 N–H and O–H groups in total. The minimum absolute atomic E-state index is 0.0646. The largest absolute Gasteiger partial charge is 0.507 e. The first kappa shape index (κ1) is 20.4. The van der Waals surface area contributed by atoms with Gasteiger partial charge in [0.25, 0.3) is 0 Å². The molecule has 0 aromatic heterocycles. The van der Waals surface area contributed by atoms with E-state index in [-0.39, 0.29) is 28.2 Å². The highest BCUT2D eigenvalue weighted by atomic mass is 16.5. The van der Waals surface area contributed by atoms with Crippen LogP contribution in [0.3, 0.4) is 0 Å². The number of ether oxygens (including phenoxy) is 1. The summed E-state index contributed by atoms with van der Waals surface area (Å²) in [5, 5.41) is 38.9. The summed E-state index contributed by atoms with van der Waals surface area (Å²) in [6.07, 6.45) is 2.03. The van der Waals surface area contributed by atoms with Crippen molar-refractivity contribution in [3.05, 3.63) is 47.0 Å². The fourth-order valence-corrected chi connectivity index (χ4v) is 2.82. The van der Waals surface area contributed by atoms with E-state index in [0.717, 1.165) is 6.42 Å². The molecule has 6 nitrogen and oxygen atoms in total. The molecule has 0 atom stereocenters. The Kier molecular flexibility index (Phi) is 6.20. The van der Waals surface area contributed by atoms with Crippen molar-refractivity contribution in [3.63, 3.8) is 0 Å². The Balaban J connectivity index is 1.86. The van der Waals surface area contributed by atoms with Gasteiger partial charge in [-0.1, -0.05) is 32.9 Å². The number of hydrogen-bond donors (Lipinski definition) is 4. The number of carboxylic acid groups (broad SMARTS) is 1. The Hall–Kier alpha value is -2.89. The van der Waals surface area contributed by atoms with E-state index < -0.39 is 5.97 Å². The highest BCUT2D eigenvalue weighted by Crippen LogP contribution is 2.39. The van der Waals surface area contributed by atoms with Crippen molar-refractivity contribution in [1.82, 2.24) is 0 Å². The van der Waals surface area contributed by atoms with Gasteiger partial charge in [0.1, 0.15) is 17.1 Å². The number of aromatic carboxylic acids is 1. The summed E-state index contributed by atoms with van der Waals surface area (Å²) >= 11 is 0. The van der Waals surface area contributed by atoms with Crippen LogP contribution in [0.2, 0.25) is 0 Å². The number of phenolic OH excluding ortho intramolecular Hbond substituents is 2. The van der Waals surface area contributed by atoms with Crippen molar-refractivity contribution in [2.75, 3.05) is 6.61 Å². The van der Waals surface area contributed by atoms with Gasteiger partial charge in [-0.15, -0.1) is 0 Å². The van der Waals surface area contributed by atoms with Gasteiger partial charge in [-0.05, 0) is 42.4 Å². The molecule has 0 amide bonds. The van der Waals surface area contributed by atoms with Gasteiger partial charge < -0.3 is 25.2 Å². The summed E-state index contributed by atoms with van der Waals surface area (Å²) in [6, 6.07) is 7.74. The summed E-state index contributed by atoms with van der Waals surface area (Å²) in [7, 11) is 0. The SMILES string of the molecule is CC(C)(C)c1ccc(CCCCOc2ccc(C(=O)O)c(O)c2)c(O)c1O. The molecule has 2 aromatic rings. The number of unbranched alkanes of at least 4 members (excludes halogenated alkanes) is 1. The Morgan fingerprint density at radius 2 is 1.70 bits per heavy atom. The highest BCUT2D eigenvalue weighted by Gasteiger charge is 2.21. The molecule has 0 aliphatic carbocycles. The summed E-state index contributed by atoms with van der Waals surface area (Å²) in [5.74, 6) is -1.27. The molecule has 0 heterocycles. The number of aryl methyl sites for hydroxylation is 1. The van der Waals surface area contributed by atoms with Gasteiger partial charge in [-0.25, -0.2) is 4.79 Å². The first-order valence-electron chi connectivity index (χ1n) is 8.84. The monoisotopic (exact) mass is 374 g/mol. The molecule has 0 bridgehead atoms. The van der Waals surface area contributed by atoms with Crippen LogP contribution in [-0.4, -0.2) is 33.0 Å². The molecule has 0 fully saturated rings. The maximum atomic E-state index is 10.9. The first-order valence-corrected chi connectivity index (χ1v) is 8.84. The standard InChI is InChI=1S/C21H26O6/c1-21(2,3)16-10-7-13(18(23)19(16)24)6-4-5-11-27-14-8-9-15(20(25)26)17(22)12-14/h7-10,12,22-24H,4-6,11H2,1-3H3,(H,25,26). The lowest BCUT2D eigenvalue weighted by molar-refractivity contribution is 0.0693. The van der Waals surface area contributed by atoms with Crippen LogP contribution in [0.25, 0.3) is 0 Å². The van der Waals surface area contributed by atoms with Crippen molar-refractivity contribution in [2.45, 2.75) is 45.4 Å². The fourth-order valence-electron chi connectivity index (χ4n) is 2.82. The third kappa shape index (κ3) is 5.06. The lowest BCUT2D eigenvalue weighted by Crippen LogP contribution is -2.11. The molecule has 2 aromatic carbocycles. The molecule has 146 valence electrons. The third-order valence-electron chi connectivity index (χ3n) is 4.35. The van der Waals surface area contributed by atoms with Crippen LogP contribution in [0.15, 0.2) is 30.3 Å². The van der Waals surface area contributed by atoms with Crippen LogP contribution in [-0.2, 0) is 11.8 Å². The molecule has 0 unspecified atom stereocenters. The van der Waals surface area contributed by atoms with Crippen molar-refractivity contribution < 1.29 is 30.0 Å². The van der Waals surface area contributed by atoms with Crippen molar-refractivity contribution in [1.29, 1.82) is 0 Å². The summed E-state index contributed by atoms with van der Waals surface area (Å²) in [6.45, 7) is 6.30. The lowest BCUT2D eigenvalue weighted by atomic mass is 9.85. The molecule has 0 aliphatic rings. The van der Waals surface area contributed by atoms with Gasteiger partial charge in [0.2, 0.25) is 0 Å². The zero-order valence-corrected chi connectivity index (χ0v) is 15.8. The highest BCUT2D eigenvalue weighted by molar-refractivity contribution is 5.90. The number of benzene rings is 2. The van der Waals surface area contributed by atoms with Gasteiger partial charge in [0.15, 0.2) is 11.5 Å². The third-order valence-corrected chi connectivity index (χ3v) is 4.35. The zero-order chi connectivity index (χ0) is 20.2. The fraction of sp³-hybridized carbons (Fsp3) is 0.381. The first-order chi connectivity index (χ1) is 12.6. The van der Waals surface area contributed by atoms with Gasteiger partial charge in [0.05, 0.1) is 6.61 Å². The van der Waals surface area contributed by atoms with E-state index in [4.69, 9.17) is 9.84 Å². The normalized spacial score (nSPS) is 11.4.